The number of rotatable bonds is 2. The summed E-state index contributed by atoms with van der Waals surface area (Å²) in [6.07, 6.45) is 1.40. The number of nitrogens with zero attached hydrogens (tertiary/aromatic N) is 3. The normalized spacial score (nSPS) is 10.8. The first-order chi connectivity index (χ1) is 7.63. The predicted molar refractivity (Wildman–Crippen MR) is 53.9 cm³/mol. The van der Waals surface area contributed by atoms with Crippen molar-refractivity contribution in [2.75, 3.05) is 0 Å². The van der Waals surface area contributed by atoms with Crippen LogP contribution in [0.2, 0.25) is 0 Å². The lowest BCUT2D eigenvalue weighted by Crippen LogP contribution is -2.04. The fraction of sp³-hybridized carbons (Fsp3) is 0.200. The van der Waals surface area contributed by atoms with Gasteiger partial charge >= 0.3 is 0 Å². The van der Waals surface area contributed by atoms with Crippen LogP contribution >= 0.6 is 0 Å². The molecule has 0 radical (unpaired) electrons. The van der Waals surface area contributed by atoms with Crippen LogP contribution in [0.3, 0.4) is 0 Å². The van der Waals surface area contributed by atoms with E-state index in [1.807, 2.05) is 0 Å². The minimum absolute atomic E-state index is 0.176. The van der Waals surface area contributed by atoms with Gasteiger partial charge in [0, 0.05) is 6.54 Å². The van der Waals surface area contributed by atoms with Crippen LogP contribution in [0.15, 0.2) is 18.3 Å². The lowest BCUT2D eigenvalue weighted by molar-refractivity contribution is 0.551. The molecule has 0 saturated heterocycles. The molecule has 1 aromatic carbocycles. The summed E-state index contributed by atoms with van der Waals surface area (Å²) in [6, 6.07) is 2.56. The van der Waals surface area contributed by atoms with Crippen molar-refractivity contribution in [1.82, 2.24) is 15.0 Å². The van der Waals surface area contributed by atoms with E-state index in [1.54, 1.807) is 6.92 Å². The fourth-order valence-corrected chi connectivity index (χ4v) is 1.35. The monoisotopic (exact) mass is 224 g/mol. The van der Waals surface area contributed by atoms with E-state index in [1.165, 1.54) is 18.3 Å². The summed E-state index contributed by atoms with van der Waals surface area (Å²) in [5.41, 5.74) is 5.94. The third kappa shape index (κ3) is 1.67. The number of hydrogen-bond acceptors (Lipinski definition) is 3. The van der Waals surface area contributed by atoms with E-state index >= 15 is 0 Å². The summed E-state index contributed by atoms with van der Waals surface area (Å²) in [6.45, 7) is 1.73. The highest BCUT2D eigenvalue weighted by molar-refractivity contribution is 5.38. The van der Waals surface area contributed by atoms with E-state index in [-0.39, 0.29) is 12.2 Å². The highest BCUT2D eigenvalue weighted by atomic mass is 19.1. The molecule has 2 rings (SSSR count). The Hall–Kier alpha value is -1.82. The van der Waals surface area contributed by atoms with Gasteiger partial charge in [0.05, 0.1) is 11.9 Å². The van der Waals surface area contributed by atoms with Gasteiger partial charge in [0.2, 0.25) is 0 Å². The van der Waals surface area contributed by atoms with Crippen molar-refractivity contribution in [3.8, 4) is 5.69 Å². The van der Waals surface area contributed by atoms with Gasteiger partial charge in [0.15, 0.2) is 11.6 Å². The number of aryl methyl sites for hydroxylation is 1. The summed E-state index contributed by atoms with van der Waals surface area (Å²) in [5, 5.41) is 7.30. The molecule has 2 aromatic rings. The van der Waals surface area contributed by atoms with Crippen molar-refractivity contribution in [2.45, 2.75) is 13.5 Å². The van der Waals surface area contributed by atoms with Crippen LogP contribution in [0.5, 0.6) is 0 Å². The van der Waals surface area contributed by atoms with Gasteiger partial charge in [-0.05, 0) is 18.6 Å². The third-order valence-corrected chi connectivity index (χ3v) is 2.24. The van der Waals surface area contributed by atoms with Crippen molar-refractivity contribution in [1.29, 1.82) is 0 Å². The summed E-state index contributed by atoms with van der Waals surface area (Å²) >= 11 is 0. The van der Waals surface area contributed by atoms with Crippen molar-refractivity contribution in [3.63, 3.8) is 0 Å². The first-order valence-electron chi connectivity index (χ1n) is 4.69. The Morgan fingerprint density at radius 2 is 2.12 bits per heavy atom. The summed E-state index contributed by atoms with van der Waals surface area (Å²) < 4.78 is 28.2. The Morgan fingerprint density at radius 1 is 1.38 bits per heavy atom. The number of benzene rings is 1. The standard InChI is InChI=1S/C10H10F2N4/c1-6-2-3-8(11)10(9(6)12)16-5-7(4-13)14-15-16/h2-3,5H,4,13H2,1H3. The van der Waals surface area contributed by atoms with Gasteiger partial charge in [0.25, 0.3) is 0 Å². The molecule has 0 fully saturated rings. The van der Waals surface area contributed by atoms with Gasteiger partial charge in [-0.25, -0.2) is 13.5 Å². The van der Waals surface area contributed by atoms with Crippen LogP contribution in [0, 0.1) is 18.6 Å². The first-order valence-corrected chi connectivity index (χ1v) is 4.69. The molecule has 0 aliphatic rings. The summed E-state index contributed by atoms with van der Waals surface area (Å²) in [7, 11) is 0. The van der Waals surface area contributed by atoms with E-state index < -0.39 is 11.6 Å². The minimum Gasteiger partial charge on any atom is -0.325 e. The molecule has 0 amide bonds. The lowest BCUT2D eigenvalue weighted by atomic mass is 10.2. The smallest absolute Gasteiger partial charge is 0.154 e. The molecule has 0 saturated carbocycles. The number of halogens is 2. The molecule has 0 atom stereocenters. The largest absolute Gasteiger partial charge is 0.325 e. The quantitative estimate of drug-likeness (QED) is 0.836. The Kier molecular flexibility index (Phi) is 2.66. The number of hydrogen-bond donors (Lipinski definition) is 1. The molecule has 1 aromatic heterocycles. The van der Waals surface area contributed by atoms with Gasteiger partial charge in [-0.1, -0.05) is 11.3 Å². The zero-order chi connectivity index (χ0) is 11.7. The molecule has 6 heteroatoms. The van der Waals surface area contributed by atoms with E-state index in [9.17, 15) is 8.78 Å². The molecule has 16 heavy (non-hydrogen) atoms. The number of nitrogens with two attached hydrogens (primary N) is 1. The second-order valence-electron chi connectivity index (χ2n) is 3.39. The molecule has 2 N–H and O–H groups in total. The maximum Gasteiger partial charge on any atom is 0.154 e. The molecule has 84 valence electrons. The van der Waals surface area contributed by atoms with E-state index in [0.717, 1.165) is 4.68 Å². The first kappa shape index (κ1) is 10.7. The van der Waals surface area contributed by atoms with Gasteiger partial charge in [-0.2, -0.15) is 0 Å². The van der Waals surface area contributed by atoms with Gasteiger partial charge in [-0.15, -0.1) is 5.10 Å². The van der Waals surface area contributed by atoms with Crippen LogP contribution in [0.25, 0.3) is 5.69 Å². The van der Waals surface area contributed by atoms with E-state index in [2.05, 4.69) is 10.3 Å². The van der Waals surface area contributed by atoms with Gasteiger partial charge < -0.3 is 5.73 Å². The molecule has 1 heterocycles. The zero-order valence-electron chi connectivity index (χ0n) is 8.61. The maximum atomic E-state index is 13.7. The molecule has 0 aliphatic heterocycles. The van der Waals surface area contributed by atoms with Crippen molar-refractivity contribution in [3.05, 3.63) is 41.2 Å². The van der Waals surface area contributed by atoms with Gasteiger partial charge in [-0.3, -0.25) is 0 Å². The molecule has 0 bridgehead atoms. The number of aromatic nitrogens is 3. The highest BCUT2D eigenvalue weighted by Crippen LogP contribution is 2.19. The van der Waals surface area contributed by atoms with E-state index in [4.69, 9.17) is 5.73 Å². The topological polar surface area (TPSA) is 56.7 Å². The predicted octanol–water partition coefficient (Wildman–Crippen LogP) is 1.31. The minimum atomic E-state index is -0.684. The average Bonchev–Trinajstić information content (AvgIpc) is 2.73. The average molecular weight is 224 g/mol. The second kappa shape index (κ2) is 3.97. The van der Waals surface area contributed by atoms with E-state index in [0.29, 0.717) is 11.3 Å². The Morgan fingerprint density at radius 3 is 2.75 bits per heavy atom. The second-order valence-corrected chi connectivity index (χ2v) is 3.39. The Labute approximate surface area is 90.7 Å². The Balaban J connectivity index is 2.58. The molecular weight excluding hydrogens is 214 g/mol. The molecular formula is C10H10F2N4. The van der Waals surface area contributed by atoms with Crippen LogP contribution in [0.1, 0.15) is 11.3 Å². The molecule has 0 unspecified atom stereocenters. The Bertz CT molecular complexity index is 522. The van der Waals surface area contributed by atoms with Crippen molar-refractivity contribution >= 4 is 0 Å². The fourth-order valence-electron chi connectivity index (χ4n) is 1.35. The molecule has 0 aliphatic carbocycles. The van der Waals surface area contributed by atoms with Crippen molar-refractivity contribution in [2.24, 2.45) is 5.73 Å². The zero-order valence-corrected chi connectivity index (χ0v) is 8.61. The summed E-state index contributed by atoms with van der Waals surface area (Å²) in [4.78, 5) is 0. The van der Waals surface area contributed by atoms with Crippen LogP contribution < -0.4 is 5.73 Å². The van der Waals surface area contributed by atoms with Crippen LogP contribution in [0.4, 0.5) is 8.78 Å². The molecule has 0 spiro atoms. The van der Waals surface area contributed by atoms with Crippen LogP contribution in [-0.4, -0.2) is 15.0 Å². The highest BCUT2D eigenvalue weighted by Gasteiger charge is 2.14. The van der Waals surface area contributed by atoms with Gasteiger partial charge in [0.1, 0.15) is 5.69 Å². The maximum absolute atomic E-state index is 13.7. The lowest BCUT2D eigenvalue weighted by Gasteiger charge is -2.05. The molecule has 4 nitrogen and oxygen atoms in total. The van der Waals surface area contributed by atoms with Crippen molar-refractivity contribution < 1.29 is 8.78 Å². The SMILES string of the molecule is Cc1ccc(F)c(-n2cc(CN)nn2)c1F. The third-order valence-electron chi connectivity index (χ3n) is 2.24. The van der Waals surface area contributed by atoms with Crippen LogP contribution in [-0.2, 0) is 6.54 Å². The summed E-state index contributed by atoms with van der Waals surface area (Å²) in [5.74, 6) is -1.33.